The van der Waals surface area contributed by atoms with Crippen molar-refractivity contribution in [2.45, 2.75) is 33.7 Å². The van der Waals surface area contributed by atoms with Crippen LogP contribution in [0.3, 0.4) is 0 Å². The van der Waals surface area contributed by atoms with Crippen molar-refractivity contribution < 1.29 is 19.1 Å². The predicted octanol–water partition coefficient (Wildman–Crippen LogP) is 3.03. The molecule has 0 radical (unpaired) electrons. The molecule has 8 heteroatoms. The van der Waals surface area contributed by atoms with Gasteiger partial charge in [-0.25, -0.2) is 9.79 Å². The summed E-state index contributed by atoms with van der Waals surface area (Å²) in [5.74, 6) is -0.449. The number of hydrogen-bond acceptors (Lipinski definition) is 7. The van der Waals surface area contributed by atoms with Crippen molar-refractivity contribution >= 4 is 29.4 Å². The number of hydrogen-bond donors (Lipinski definition) is 0. The molecule has 0 N–H and O–H groups in total. The first-order valence-electron chi connectivity index (χ1n) is 10.8. The lowest BCUT2D eigenvalue weighted by atomic mass is 9.95. The summed E-state index contributed by atoms with van der Waals surface area (Å²) in [5.41, 5.74) is 3.30. The molecule has 1 aromatic heterocycles. The summed E-state index contributed by atoms with van der Waals surface area (Å²) in [6.45, 7) is 7.06. The Hall–Kier alpha value is -3.78. The Morgan fingerprint density at radius 3 is 2.38 bits per heavy atom. The van der Waals surface area contributed by atoms with Crippen molar-refractivity contribution in [2.75, 3.05) is 6.61 Å². The summed E-state index contributed by atoms with van der Waals surface area (Å²) in [5, 5.41) is 0. The highest BCUT2D eigenvalue weighted by molar-refractivity contribution is 7.07. The lowest BCUT2D eigenvalue weighted by Gasteiger charge is -2.24. The van der Waals surface area contributed by atoms with Gasteiger partial charge in [-0.1, -0.05) is 53.3 Å². The molecule has 2 aromatic carbocycles. The summed E-state index contributed by atoms with van der Waals surface area (Å²) >= 11 is 1.26. The minimum absolute atomic E-state index is 0.226. The van der Waals surface area contributed by atoms with E-state index in [2.05, 4.69) is 4.99 Å². The van der Waals surface area contributed by atoms with E-state index in [4.69, 9.17) is 9.47 Å². The van der Waals surface area contributed by atoms with E-state index in [0.29, 0.717) is 26.4 Å². The van der Waals surface area contributed by atoms with Crippen molar-refractivity contribution in [3.8, 4) is 5.75 Å². The van der Waals surface area contributed by atoms with Crippen molar-refractivity contribution in [2.24, 2.45) is 4.99 Å². The van der Waals surface area contributed by atoms with Gasteiger partial charge in [0.2, 0.25) is 0 Å². The Labute approximate surface area is 200 Å². The Morgan fingerprint density at radius 2 is 1.76 bits per heavy atom. The van der Waals surface area contributed by atoms with Crippen molar-refractivity contribution in [1.29, 1.82) is 0 Å². The largest absolute Gasteiger partial charge is 0.463 e. The molecule has 174 valence electrons. The van der Waals surface area contributed by atoms with E-state index in [1.807, 2.05) is 31.2 Å². The number of ether oxygens (including phenoxy) is 2. The minimum atomic E-state index is -0.635. The molecule has 0 fully saturated rings. The second-order valence-electron chi connectivity index (χ2n) is 7.88. The van der Waals surface area contributed by atoms with Crippen LogP contribution in [-0.4, -0.2) is 23.1 Å². The number of carbonyl (C=O) groups excluding carboxylic acids is 2. The molecule has 0 aliphatic carbocycles. The molecule has 4 rings (SSSR count). The maximum atomic E-state index is 13.6. The fourth-order valence-corrected chi connectivity index (χ4v) is 4.85. The molecular formula is C26H24N2O5S. The van der Waals surface area contributed by atoms with Crippen LogP contribution < -0.4 is 19.6 Å². The fraction of sp³-hybridized carbons (Fsp3) is 0.231. The SMILES string of the molecule is CCOC(=O)C1=C(C)N=c2sc(=Cc3ccc(OC(C)=O)cc3)c(=O)n2[C@@H]1c1ccc(C)cc1. The molecule has 7 nitrogen and oxygen atoms in total. The third-order valence-corrected chi connectivity index (χ3v) is 6.33. The number of carbonyl (C=O) groups is 2. The van der Waals surface area contributed by atoms with Gasteiger partial charge in [0.15, 0.2) is 4.80 Å². The Balaban J connectivity index is 1.86. The molecule has 1 aliphatic rings. The number of fused-ring (bicyclic) bond motifs is 1. The molecule has 0 unspecified atom stereocenters. The first-order valence-corrected chi connectivity index (χ1v) is 11.6. The van der Waals surface area contributed by atoms with E-state index in [9.17, 15) is 14.4 Å². The van der Waals surface area contributed by atoms with E-state index in [-0.39, 0.29) is 12.2 Å². The van der Waals surface area contributed by atoms with Crippen LogP contribution in [0.1, 0.15) is 43.5 Å². The van der Waals surface area contributed by atoms with Gasteiger partial charge in [-0.05, 0) is 50.1 Å². The molecule has 0 saturated heterocycles. The number of benzene rings is 2. The second kappa shape index (κ2) is 9.61. The predicted molar refractivity (Wildman–Crippen MR) is 129 cm³/mol. The van der Waals surface area contributed by atoms with Crippen LogP contribution in [0.15, 0.2) is 69.6 Å². The summed E-state index contributed by atoms with van der Waals surface area (Å²) < 4.78 is 12.4. The molecule has 0 spiro atoms. The third kappa shape index (κ3) is 4.63. The highest BCUT2D eigenvalue weighted by atomic mass is 32.1. The van der Waals surface area contributed by atoms with E-state index in [1.54, 1.807) is 48.8 Å². The average Bonchev–Trinajstić information content (AvgIpc) is 3.09. The molecule has 0 amide bonds. The Morgan fingerprint density at radius 1 is 1.09 bits per heavy atom. The van der Waals surface area contributed by atoms with Crippen LogP contribution in [0, 0.1) is 6.92 Å². The van der Waals surface area contributed by atoms with Gasteiger partial charge in [0.05, 0.1) is 28.5 Å². The van der Waals surface area contributed by atoms with Crippen LogP contribution in [0.25, 0.3) is 6.08 Å². The van der Waals surface area contributed by atoms with Gasteiger partial charge in [0, 0.05) is 6.92 Å². The molecule has 0 bridgehead atoms. The number of aromatic nitrogens is 1. The zero-order valence-electron chi connectivity index (χ0n) is 19.3. The number of nitrogens with zero attached hydrogens (tertiary/aromatic N) is 2. The highest BCUT2D eigenvalue weighted by Crippen LogP contribution is 2.30. The van der Waals surface area contributed by atoms with Crippen molar-refractivity contribution in [3.63, 3.8) is 0 Å². The van der Waals surface area contributed by atoms with Gasteiger partial charge in [0.1, 0.15) is 5.75 Å². The van der Waals surface area contributed by atoms with Crippen LogP contribution >= 0.6 is 11.3 Å². The van der Waals surface area contributed by atoms with E-state index in [1.165, 1.54) is 18.3 Å². The Kier molecular flexibility index (Phi) is 6.61. The minimum Gasteiger partial charge on any atom is -0.463 e. The first kappa shape index (κ1) is 23.4. The zero-order chi connectivity index (χ0) is 24.4. The number of esters is 2. The second-order valence-corrected chi connectivity index (χ2v) is 8.88. The van der Waals surface area contributed by atoms with E-state index >= 15 is 0 Å². The third-order valence-electron chi connectivity index (χ3n) is 5.35. The zero-order valence-corrected chi connectivity index (χ0v) is 20.1. The molecule has 34 heavy (non-hydrogen) atoms. The molecule has 1 atom stereocenters. The first-order chi connectivity index (χ1) is 16.3. The molecular weight excluding hydrogens is 452 g/mol. The molecule has 0 saturated carbocycles. The van der Waals surface area contributed by atoms with Crippen molar-refractivity contribution in [3.05, 3.63) is 96.2 Å². The number of thiazole rings is 1. The molecule has 3 aromatic rings. The number of allylic oxidation sites excluding steroid dienone is 1. The van der Waals surface area contributed by atoms with E-state index < -0.39 is 18.0 Å². The van der Waals surface area contributed by atoms with Crippen molar-refractivity contribution in [1.82, 2.24) is 4.57 Å². The van der Waals surface area contributed by atoms with Gasteiger partial charge >= 0.3 is 11.9 Å². The van der Waals surface area contributed by atoms with Crippen LogP contribution in [0.2, 0.25) is 0 Å². The normalized spacial score (nSPS) is 15.5. The van der Waals surface area contributed by atoms with Crippen LogP contribution in [-0.2, 0) is 14.3 Å². The maximum Gasteiger partial charge on any atom is 0.338 e. The smallest absolute Gasteiger partial charge is 0.338 e. The van der Waals surface area contributed by atoms with Gasteiger partial charge in [0.25, 0.3) is 5.56 Å². The summed E-state index contributed by atoms with van der Waals surface area (Å²) in [7, 11) is 0. The fourth-order valence-electron chi connectivity index (χ4n) is 3.81. The Bertz CT molecular complexity index is 1460. The number of aryl methyl sites for hydroxylation is 1. The standard InChI is InChI=1S/C26H24N2O5S/c1-5-32-25(31)22-16(3)27-26-28(23(22)19-10-6-15(2)7-11-19)24(30)21(34-26)14-18-8-12-20(13-9-18)33-17(4)29/h6-14,23H,5H2,1-4H3/t23-/m1/s1. The lowest BCUT2D eigenvalue weighted by Crippen LogP contribution is -2.39. The monoisotopic (exact) mass is 476 g/mol. The van der Waals surface area contributed by atoms with E-state index in [0.717, 1.165) is 16.7 Å². The number of rotatable bonds is 5. The molecule has 2 heterocycles. The average molecular weight is 477 g/mol. The molecule has 1 aliphatic heterocycles. The van der Waals surface area contributed by atoms with Crippen LogP contribution in [0.4, 0.5) is 0 Å². The van der Waals surface area contributed by atoms with Gasteiger partial charge in [-0.2, -0.15) is 0 Å². The quantitative estimate of drug-likeness (QED) is 0.417. The van der Waals surface area contributed by atoms with Gasteiger partial charge < -0.3 is 9.47 Å². The van der Waals surface area contributed by atoms with Gasteiger partial charge in [-0.3, -0.25) is 14.2 Å². The van der Waals surface area contributed by atoms with Crippen LogP contribution in [0.5, 0.6) is 5.75 Å². The summed E-state index contributed by atoms with van der Waals surface area (Å²) in [4.78, 5) is 42.7. The summed E-state index contributed by atoms with van der Waals surface area (Å²) in [6.07, 6.45) is 1.76. The maximum absolute atomic E-state index is 13.6. The lowest BCUT2D eigenvalue weighted by molar-refractivity contribution is -0.139. The highest BCUT2D eigenvalue weighted by Gasteiger charge is 2.33. The topological polar surface area (TPSA) is 87.0 Å². The summed E-state index contributed by atoms with van der Waals surface area (Å²) in [6, 6.07) is 14.0. The van der Waals surface area contributed by atoms with Gasteiger partial charge in [-0.15, -0.1) is 0 Å².